The summed E-state index contributed by atoms with van der Waals surface area (Å²) in [6.45, 7) is 4.05. The first-order chi connectivity index (χ1) is 9.59. The lowest BCUT2D eigenvalue weighted by Crippen LogP contribution is -2.31. The summed E-state index contributed by atoms with van der Waals surface area (Å²) in [5.41, 5.74) is 1.04. The maximum atomic E-state index is 11.1. The molecule has 0 amide bonds. The zero-order valence-corrected chi connectivity index (χ0v) is 11.5. The van der Waals surface area contributed by atoms with E-state index in [1.54, 1.807) is 0 Å². The molecule has 0 unspecified atom stereocenters. The Balaban J connectivity index is 1.66. The van der Waals surface area contributed by atoms with Gasteiger partial charge in [-0.05, 0) is 19.4 Å². The summed E-state index contributed by atoms with van der Waals surface area (Å²) in [4.78, 5) is 11.1. The Morgan fingerprint density at radius 3 is 2.60 bits per heavy atom. The third-order valence-electron chi connectivity index (χ3n) is 3.44. The maximum absolute atomic E-state index is 11.1. The van der Waals surface area contributed by atoms with Gasteiger partial charge in [0.05, 0.1) is 6.61 Å². The molecule has 0 aromatic heterocycles. The number of hydrogen-bond acceptors (Lipinski definition) is 5. The zero-order valence-electron chi connectivity index (χ0n) is 11.5. The van der Waals surface area contributed by atoms with Crippen molar-refractivity contribution in [2.24, 2.45) is 0 Å². The average Bonchev–Trinajstić information content (AvgIpc) is 2.91. The normalized spacial score (nSPS) is 34.9. The highest BCUT2D eigenvalue weighted by atomic mass is 16.8. The Morgan fingerprint density at radius 2 is 1.90 bits per heavy atom. The minimum atomic E-state index is -0.714. The van der Waals surface area contributed by atoms with E-state index < -0.39 is 24.3 Å². The predicted molar refractivity (Wildman–Crippen MR) is 69.8 cm³/mol. The fraction of sp³-hybridized carbons (Fsp3) is 0.533. The van der Waals surface area contributed by atoms with Crippen molar-refractivity contribution >= 4 is 6.29 Å². The van der Waals surface area contributed by atoms with Gasteiger partial charge in [0.15, 0.2) is 18.4 Å². The molecule has 0 saturated carbocycles. The first kappa shape index (κ1) is 13.7. The number of rotatable bonds is 4. The molecule has 0 spiro atoms. The zero-order chi connectivity index (χ0) is 14.2. The van der Waals surface area contributed by atoms with E-state index in [-0.39, 0.29) is 6.10 Å². The van der Waals surface area contributed by atoms with Gasteiger partial charge >= 0.3 is 0 Å². The van der Waals surface area contributed by atoms with Crippen molar-refractivity contribution in [3.63, 3.8) is 0 Å². The molecule has 108 valence electrons. The molecule has 0 bridgehead atoms. The van der Waals surface area contributed by atoms with Gasteiger partial charge in [-0.2, -0.15) is 0 Å². The number of carbonyl (C=O) groups is 1. The lowest BCUT2D eigenvalue weighted by molar-refractivity contribution is -0.232. The molecular weight excluding hydrogens is 260 g/mol. The Labute approximate surface area is 117 Å². The van der Waals surface area contributed by atoms with Crippen LogP contribution in [0, 0.1) is 0 Å². The van der Waals surface area contributed by atoms with Gasteiger partial charge in [-0.15, -0.1) is 0 Å². The third-order valence-corrected chi connectivity index (χ3v) is 3.44. The number of benzene rings is 1. The van der Waals surface area contributed by atoms with Crippen LogP contribution in [0.3, 0.4) is 0 Å². The number of ether oxygens (including phenoxy) is 4. The summed E-state index contributed by atoms with van der Waals surface area (Å²) < 4.78 is 22.8. The van der Waals surface area contributed by atoms with E-state index in [0.717, 1.165) is 11.8 Å². The summed E-state index contributed by atoms with van der Waals surface area (Å²) >= 11 is 0. The fourth-order valence-corrected chi connectivity index (χ4v) is 2.59. The average molecular weight is 278 g/mol. The molecule has 1 aromatic rings. The topological polar surface area (TPSA) is 54.0 Å². The molecule has 5 nitrogen and oxygen atoms in total. The molecule has 1 aromatic carbocycles. The van der Waals surface area contributed by atoms with Crippen molar-refractivity contribution in [3.05, 3.63) is 35.9 Å². The summed E-state index contributed by atoms with van der Waals surface area (Å²) in [6.07, 6.45) is -1.25. The van der Waals surface area contributed by atoms with Gasteiger partial charge in [-0.25, -0.2) is 0 Å². The standard InChI is InChI=1S/C15H18O5/c1-15(2)19-12-11(8-16)18-14(13(12)20-15)17-9-10-6-4-3-5-7-10/h3-8,11-14H,9H2,1-2H3/t11-,12+,13+,14+/m1/s1. The Hall–Kier alpha value is -1.27. The van der Waals surface area contributed by atoms with Crippen LogP contribution in [-0.2, 0) is 30.3 Å². The van der Waals surface area contributed by atoms with Gasteiger partial charge in [0.2, 0.25) is 0 Å². The highest BCUT2D eigenvalue weighted by molar-refractivity contribution is 5.58. The van der Waals surface area contributed by atoms with Gasteiger partial charge in [-0.1, -0.05) is 30.3 Å². The van der Waals surface area contributed by atoms with Crippen LogP contribution in [0.15, 0.2) is 30.3 Å². The smallest absolute Gasteiger partial charge is 0.187 e. The number of carbonyl (C=O) groups excluding carboxylic acids is 1. The maximum Gasteiger partial charge on any atom is 0.187 e. The van der Waals surface area contributed by atoms with Crippen LogP contribution in [0.5, 0.6) is 0 Å². The number of aldehydes is 1. The van der Waals surface area contributed by atoms with Gasteiger partial charge in [0.1, 0.15) is 18.3 Å². The van der Waals surface area contributed by atoms with Gasteiger partial charge in [-0.3, -0.25) is 0 Å². The van der Waals surface area contributed by atoms with Gasteiger partial charge in [0.25, 0.3) is 0 Å². The van der Waals surface area contributed by atoms with Crippen LogP contribution in [0.2, 0.25) is 0 Å². The second-order valence-electron chi connectivity index (χ2n) is 5.47. The summed E-state index contributed by atoms with van der Waals surface area (Å²) in [6, 6.07) is 9.79. The fourth-order valence-electron chi connectivity index (χ4n) is 2.59. The molecule has 2 fully saturated rings. The van der Waals surface area contributed by atoms with E-state index in [0.29, 0.717) is 6.61 Å². The molecule has 2 aliphatic rings. The highest BCUT2D eigenvalue weighted by Crippen LogP contribution is 2.38. The van der Waals surface area contributed by atoms with Crippen molar-refractivity contribution in [1.82, 2.24) is 0 Å². The minimum absolute atomic E-state index is 0.371. The van der Waals surface area contributed by atoms with E-state index in [9.17, 15) is 4.79 Å². The van der Waals surface area contributed by atoms with Crippen molar-refractivity contribution in [2.45, 2.75) is 50.8 Å². The first-order valence-corrected chi connectivity index (χ1v) is 6.71. The van der Waals surface area contributed by atoms with E-state index in [2.05, 4.69) is 0 Å². The largest absolute Gasteiger partial charge is 0.345 e. The van der Waals surface area contributed by atoms with Crippen LogP contribution < -0.4 is 0 Å². The van der Waals surface area contributed by atoms with Crippen LogP contribution in [0.4, 0.5) is 0 Å². The lowest BCUT2D eigenvalue weighted by atomic mass is 10.1. The molecule has 0 N–H and O–H groups in total. The molecule has 5 heteroatoms. The van der Waals surface area contributed by atoms with Crippen LogP contribution in [0.25, 0.3) is 0 Å². The van der Waals surface area contributed by atoms with Gasteiger partial charge in [0, 0.05) is 0 Å². The van der Waals surface area contributed by atoms with Crippen molar-refractivity contribution in [1.29, 1.82) is 0 Å². The Bertz CT molecular complexity index is 472. The highest BCUT2D eigenvalue weighted by Gasteiger charge is 2.55. The molecular formula is C15H18O5. The van der Waals surface area contributed by atoms with Crippen molar-refractivity contribution < 1.29 is 23.7 Å². The minimum Gasteiger partial charge on any atom is -0.345 e. The van der Waals surface area contributed by atoms with E-state index in [4.69, 9.17) is 18.9 Å². The lowest BCUT2D eigenvalue weighted by Gasteiger charge is -2.22. The van der Waals surface area contributed by atoms with Crippen LogP contribution in [0.1, 0.15) is 19.4 Å². The summed E-state index contributed by atoms with van der Waals surface area (Å²) in [5, 5.41) is 0. The monoisotopic (exact) mass is 278 g/mol. The molecule has 0 radical (unpaired) electrons. The molecule has 3 rings (SSSR count). The third kappa shape index (κ3) is 2.62. The molecule has 2 saturated heterocycles. The quantitative estimate of drug-likeness (QED) is 0.784. The molecule has 2 aliphatic heterocycles. The van der Waals surface area contributed by atoms with Crippen LogP contribution >= 0.6 is 0 Å². The number of hydrogen-bond donors (Lipinski definition) is 0. The van der Waals surface area contributed by atoms with Gasteiger partial charge < -0.3 is 23.7 Å². The second kappa shape index (κ2) is 5.26. The second-order valence-corrected chi connectivity index (χ2v) is 5.47. The molecule has 2 heterocycles. The first-order valence-electron chi connectivity index (χ1n) is 6.71. The summed E-state index contributed by atoms with van der Waals surface area (Å²) in [5.74, 6) is -0.714. The van der Waals surface area contributed by atoms with E-state index in [1.165, 1.54) is 0 Å². The Morgan fingerprint density at radius 1 is 1.20 bits per heavy atom. The summed E-state index contributed by atoms with van der Waals surface area (Å²) in [7, 11) is 0. The number of fused-ring (bicyclic) bond motifs is 1. The predicted octanol–water partition coefficient (Wildman–Crippen LogP) is 1.65. The Kier molecular flexibility index (Phi) is 3.60. The van der Waals surface area contributed by atoms with E-state index in [1.807, 2.05) is 44.2 Å². The van der Waals surface area contributed by atoms with E-state index >= 15 is 0 Å². The van der Waals surface area contributed by atoms with Crippen molar-refractivity contribution in [2.75, 3.05) is 0 Å². The van der Waals surface area contributed by atoms with Crippen molar-refractivity contribution in [3.8, 4) is 0 Å². The SMILES string of the molecule is CC1(C)O[C@@H]2[C@@H](OCc3ccccc3)O[C@H](C=O)[C@@H]2O1. The van der Waals surface area contributed by atoms with Crippen LogP contribution in [-0.4, -0.2) is 36.7 Å². The molecule has 20 heavy (non-hydrogen) atoms. The molecule has 0 aliphatic carbocycles. The molecule has 4 atom stereocenters.